The minimum atomic E-state index is -0.0944. The Morgan fingerprint density at radius 3 is 2.73 bits per heavy atom. The van der Waals surface area contributed by atoms with Crippen LogP contribution >= 0.6 is 11.6 Å². The highest BCUT2D eigenvalue weighted by Gasteiger charge is 2.44. The fourth-order valence-electron chi connectivity index (χ4n) is 5.71. The normalized spacial score (nSPS) is 22.1. The van der Waals surface area contributed by atoms with Crippen molar-refractivity contribution in [2.45, 2.75) is 51.0 Å². The molecule has 4 aromatic rings. The van der Waals surface area contributed by atoms with Crippen molar-refractivity contribution in [3.8, 4) is 0 Å². The van der Waals surface area contributed by atoms with Crippen LogP contribution in [0.3, 0.4) is 0 Å². The second-order valence-electron chi connectivity index (χ2n) is 11.3. The van der Waals surface area contributed by atoms with Crippen molar-refractivity contribution in [2.75, 3.05) is 22.1 Å². The maximum Gasteiger partial charge on any atom is 0.229 e. The fourth-order valence-corrected chi connectivity index (χ4v) is 5.91. The maximum absolute atomic E-state index is 12.8. The first-order valence-electron chi connectivity index (χ1n) is 13.9. The number of imidazole rings is 1. The van der Waals surface area contributed by atoms with Crippen LogP contribution in [0.2, 0.25) is 5.02 Å². The van der Waals surface area contributed by atoms with Crippen LogP contribution in [0, 0.1) is 11.8 Å². The molecule has 0 spiro atoms. The number of pyridine rings is 1. The summed E-state index contributed by atoms with van der Waals surface area (Å²) < 4.78 is 2.05. The summed E-state index contributed by atoms with van der Waals surface area (Å²) in [5.74, 6) is 2.13. The van der Waals surface area contributed by atoms with E-state index in [1.807, 2.05) is 39.8 Å². The van der Waals surface area contributed by atoms with Crippen molar-refractivity contribution in [1.29, 1.82) is 0 Å². The van der Waals surface area contributed by atoms with E-state index in [1.165, 1.54) is 24.7 Å². The van der Waals surface area contributed by atoms with Gasteiger partial charge in [0.2, 0.25) is 11.8 Å². The highest BCUT2D eigenvalue weighted by Crippen LogP contribution is 2.48. The number of halogens is 1. The molecule has 1 aliphatic heterocycles. The number of aromatic nitrogens is 4. The number of carbonyl (C=O) groups excluding carboxylic acids is 2. The van der Waals surface area contributed by atoms with Crippen LogP contribution in [0.1, 0.15) is 61.3 Å². The zero-order chi connectivity index (χ0) is 27.4. The molecule has 0 bridgehead atoms. The van der Waals surface area contributed by atoms with Gasteiger partial charge in [-0.25, -0.2) is 15.0 Å². The van der Waals surface area contributed by atoms with Gasteiger partial charge in [0.25, 0.3) is 0 Å². The van der Waals surface area contributed by atoms with E-state index >= 15 is 0 Å². The van der Waals surface area contributed by atoms with Gasteiger partial charge in [-0.3, -0.25) is 9.59 Å². The zero-order valence-electron chi connectivity index (χ0n) is 22.2. The Morgan fingerprint density at radius 1 is 1.10 bits per heavy atom. The number of nitrogens with one attached hydrogen (secondary N) is 2. The van der Waals surface area contributed by atoms with Gasteiger partial charge in [0.1, 0.15) is 18.0 Å². The minimum absolute atomic E-state index is 0.0558. The Balaban J connectivity index is 1.04. The Labute approximate surface area is 237 Å². The van der Waals surface area contributed by atoms with Crippen LogP contribution in [0.15, 0.2) is 55.1 Å². The third kappa shape index (κ3) is 5.01. The lowest BCUT2D eigenvalue weighted by atomic mass is 10.1. The Morgan fingerprint density at radius 2 is 1.95 bits per heavy atom. The lowest BCUT2D eigenvalue weighted by molar-refractivity contribution is -0.118. The summed E-state index contributed by atoms with van der Waals surface area (Å²) in [6, 6.07) is 11.6. The van der Waals surface area contributed by atoms with Gasteiger partial charge in [0.05, 0.1) is 17.9 Å². The van der Waals surface area contributed by atoms with Gasteiger partial charge in [-0.1, -0.05) is 30.7 Å². The topological polar surface area (TPSA) is 105 Å². The van der Waals surface area contributed by atoms with E-state index in [4.69, 9.17) is 16.6 Å². The van der Waals surface area contributed by atoms with Crippen molar-refractivity contribution in [1.82, 2.24) is 19.4 Å². The number of hydrogen-bond acceptors (Lipinski definition) is 6. The van der Waals surface area contributed by atoms with E-state index in [0.29, 0.717) is 41.5 Å². The van der Waals surface area contributed by atoms with Crippen LogP contribution in [0.4, 0.5) is 17.3 Å². The first-order valence-corrected chi connectivity index (χ1v) is 14.2. The SMILES string of the molecule is C[C@@H]1CC(=O)N(c2cc(C3CC3)cn3cc(CNc4cc(NC(=O)[C@H]5C[C@@H]5c5cccc(Cl)c5)ncn4)nc23)C1. The van der Waals surface area contributed by atoms with Crippen LogP contribution in [0.25, 0.3) is 5.65 Å². The van der Waals surface area contributed by atoms with Gasteiger partial charge < -0.3 is 19.9 Å². The van der Waals surface area contributed by atoms with Gasteiger partial charge in [-0.05, 0) is 66.3 Å². The maximum atomic E-state index is 12.8. The zero-order valence-corrected chi connectivity index (χ0v) is 22.9. The molecule has 3 atom stereocenters. The molecule has 2 aliphatic carbocycles. The number of hydrogen-bond donors (Lipinski definition) is 2. The Kier molecular flexibility index (Phi) is 6.19. The smallest absolute Gasteiger partial charge is 0.229 e. The quantitative estimate of drug-likeness (QED) is 0.302. The van der Waals surface area contributed by atoms with Gasteiger partial charge in [0, 0.05) is 42.4 Å². The molecular weight excluding hydrogens is 526 g/mol. The van der Waals surface area contributed by atoms with E-state index in [-0.39, 0.29) is 23.7 Å². The molecule has 10 heteroatoms. The van der Waals surface area contributed by atoms with Gasteiger partial charge in [0.15, 0.2) is 5.65 Å². The van der Waals surface area contributed by atoms with Gasteiger partial charge in [-0.2, -0.15) is 0 Å². The summed E-state index contributed by atoms with van der Waals surface area (Å²) >= 11 is 6.11. The summed E-state index contributed by atoms with van der Waals surface area (Å²) in [6.07, 6.45) is 9.33. The average Bonchev–Trinajstić information content (AvgIpc) is 3.86. The molecule has 2 saturated carbocycles. The molecule has 4 heterocycles. The number of anilines is 3. The van der Waals surface area contributed by atoms with Crippen molar-refractivity contribution in [3.63, 3.8) is 0 Å². The second kappa shape index (κ2) is 9.89. The largest absolute Gasteiger partial charge is 0.364 e. The third-order valence-electron chi connectivity index (χ3n) is 8.03. The van der Waals surface area contributed by atoms with E-state index < -0.39 is 0 Å². The molecule has 9 nitrogen and oxygen atoms in total. The molecule has 7 rings (SSSR count). The number of rotatable bonds is 8. The lowest BCUT2D eigenvalue weighted by Crippen LogP contribution is -2.25. The number of benzene rings is 1. The van der Waals surface area contributed by atoms with Crippen molar-refractivity contribution >= 4 is 46.4 Å². The standard InChI is InChI=1S/C30H30ClN7O2/c1-17-7-28(39)38(13-17)25-9-20(18-5-6-18)14-37-15-22(35-29(25)37)12-32-26-11-27(34-16-33-26)36-30(40)24-10-23(24)19-3-2-4-21(31)8-19/h2-4,8-9,11,14-18,23-24H,5-7,10,12-13H2,1H3,(H2,32,33,34,36,40)/t17-,23-,24+/m1/s1. The number of carbonyl (C=O) groups is 2. The molecule has 3 aromatic heterocycles. The van der Waals surface area contributed by atoms with Crippen molar-refractivity contribution < 1.29 is 9.59 Å². The number of fused-ring (bicyclic) bond motifs is 1. The summed E-state index contributed by atoms with van der Waals surface area (Å²) in [6.45, 7) is 3.27. The molecule has 1 saturated heterocycles. The Hall–Kier alpha value is -3.98. The van der Waals surface area contributed by atoms with E-state index in [1.54, 1.807) is 6.07 Å². The van der Waals surface area contributed by atoms with Gasteiger partial charge in [-0.15, -0.1) is 0 Å². The van der Waals surface area contributed by atoms with Crippen LogP contribution in [0.5, 0.6) is 0 Å². The van der Waals surface area contributed by atoms with E-state index in [9.17, 15) is 9.59 Å². The fraction of sp³-hybridized carbons (Fsp3) is 0.367. The predicted molar refractivity (Wildman–Crippen MR) is 154 cm³/mol. The molecule has 204 valence electrons. The van der Waals surface area contributed by atoms with Crippen molar-refractivity contribution in [3.05, 3.63) is 77.0 Å². The minimum Gasteiger partial charge on any atom is -0.364 e. The molecule has 0 radical (unpaired) electrons. The third-order valence-corrected chi connectivity index (χ3v) is 8.27. The monoisotopic (exact) mass is 555 g/mol. The van der Waals surface area contributed by atoms with Crippen LogP contribution in [-0.4, -0.2) is 37.7 Å². The first kappa shape index (κ1) is 25.0. The van der Waals surface area contributed by atoms with Gasteiger partial charge >= 0.3 is 0 Å². The Bertz CT molecular complexity index is 1630. The molecule has 3 aliphatic rings. The predicted octanol–water partition coefficient (Wildman–Crippen LogP) is 5.38. The van der Waals surface area contributed by atoms with Crippen LogP contribution < -0.4 is 15.5 Å². The first-order chi connectivity index (χ1) is 19.4. The molecule has 1 aromatic carbocycles. The molecule has 40 heavy (non-hydrogen) atoms. The summed E-state index contributed by atoms with van der Waals surface area (Å²) in [5, 5.41) is 6.91. The second-order valence-corrected chi connectivity index (χ2v) is 11.8. The lowest BCUT2D eigenvalue weighted by Gasteiger charge is -2.18. The average molecular weight is 556 g/mol. The van der Waals surface area contributed by atoms with E-state index in [2.05, 4.69) is 39.8 Å². The number of amides is 2. The number of nitrogens with zero attached hydrogens (tertiary/aromatic N) is 5. The van der Waals surface area contributed by atoms with Crippen LogP contribution in [-0.2, 0) is 16.1 Å². The van der Waals surface area contributed by atoms with E-state index in [0.717, 1.165) is 35.6 Å². The molecule has 3 fully saturated rings. The highest BCUT2D eigenvalue weighted by atomic mass is 35.5. The molecule has 2 N–H and O–H groups in total. The molecule has 2 amide bonds. The summed E-state index contributed by atoms with van der Waals surface area (Å²) in [7, 11) is 0. The summed E-state index contributed by atoms with van der Waals surface area (Å²) in [5.41, 5.74) is 4.86. The van der Waals surface area contributed by atoms with Crippen molar-refractivity contribution in [2.24, 2.45) is 11.8 Å². The molecule has 0 unspecified atom stereocenters. The highest BCUT2D eigenvalue weighted by molar-refractivity contribution is 6.30. The summed E-state index contributed by atoms with van der Waals surface area (Å²) in [4.78, 5) is 40.9. The molecular formula is C30H30ClN7O2.